The summed E-state index contributed by atoms with van der Waals surface area (Å²) in [4.78, 5) is 0. The molecule has 1 aliphatic heterocycles. The fraction of sp³-hybridized carbons (Fsp3) is 0.500. The normalized spacial score (nSPS) is 18.1. The lowest BCUT2D eigenvalue weighted by atomic mass is 9.89. The minimum Gasteiger partial charge on any atom is -0.317 e. The third-order valence-electron chi connectivity index (χ3n) is 3.03. The van der Waals surface area contributed by atoms with Gasteiger partial charge >= 0.3 is 0 Å². The van der Waals surface area contributed by atoms with Crippen molar-refractivity contribution in [1.82, 2.24) is 5.32 Å². The molecular weight excluding hydrogens is 213 g/mol. The van der Waals surface area contributed by atoms with Crippen molar-refractivity contribution in [2.75, 3.05) is 13.1 Å². The highest BCUT2D eigenvalue weighted by Crippen LogP contribution is 2.31. The number of piperidine rings is 1. The van der Waals surface area contributed by atoms with Gasteiger partial charge in [0, 0.05) is 5.02 Å². The minimum atomic E-state index is -0.0775. The van der Waals surface area contributed by atoms with Crippen molar-refractivity contribution in [3.8, 4) is 0 Å². The van der Waals surface area contributed by atoms with E-state index >= 15 is 0 Å². The van der Waals surface area contributed by atoms with E-state index in [1.54, 1.807) is 19.1 Å². The van der Waals surface area contributed by atoms with Crippen LogP contribution in [-0.4, -0.2) is 13.1 Å². The van der Waals surface area contributed by atoms with Crippen LogP contribution in [-0.2, 0) is 0 Å². The smallest absolute Gasteiger partial charge is 0.129 e. The number of hydrogen-bond acceptors (Lipinski definition) is 1. The van der Waals surface area contributed by atoms with E-state index in [0.717, 1.165) is 31.5 Å². The molecule has 0 bridgehead atoms. The van der Waals surface area contributed by atoms with E-state index in [9.17, 15) is 4.39 Å². The topological polar surface area (TPSA) is 12.0 Å². The molecule has 82 valence electrons. The van der Waals surface area contributed by atoms with Crippen LogP contribution < -0.4 is 5.32 Å². The molecule has 2 rings (SSSR count). The molecule has 1 aliphatic rings. The van der Waals surface area contributed by atoms with Crippen molar-refractivity contribution >= 4 is 11.6 Å². The van der Waals surface area contributed by atoms with Gasteiger partial charge in [0.15, 0.2) is 0 Å². The van der Waals surface area contributed by atoms with E-state index in [0.29, 0.717) is 16.5 Å². The van der Waals surface area contributed by atoms with Gasteiger partial charge in [-0.2, -0.15) is 0 Å². The van der Waals surface area contributed by atoms with Crippen molar-refractivity contribution in [1.29, 1.82) is 0 Å². The number of hydrogen-bond donors (Lipinski definition) is 1. The maximum atomic E-state index is 13.9. The van der Waals surface area contributed by atoms with Crippen molar-refractivity contribution in [3.63, 3.8) is 0 Å². The molecule has 0 spiro atoms. The van der Waals surface area contributed by atoms with Gasteiger partial charge < -0.3 is 5.32 Å². The fourth-order valence-corrected chi connectivity index (χ4v) is 2.46. The molecule has 3 heteroatoms. The van der Waals surface area contributed by atoms with Gasteiger partial charge in [0.25, 0.3) is 0 Å². The van der Waals surface area contributed by atoms with E-state index in [1.165, 1.54) is 0 Å². The Morgan fingerprint density at radius 1 is 1.33 bits per heavy atom. The SMILES string of the molecule is Cc1cc(Cl)cc(C2CCNCC2)c1F. The molecule has 1 nitrogen and oxygen atoms in total. The van der Waals surface area contributed by atoms with Gasteiger partial charge in [0.1, 0.15) is 5.82 Å². The van der Waals surface area contributed by atoms with Crippen LogP contribution in [0.2, 0.25) is 5.02 Å². The molecule has 0 atom stereocenters. The molecule has 1 heterocycles. The van der Waals surface area contributed by atoms with Crippen molar-refractivity contribution in [2.45, 2.75) is 25.7 Å². The van der Waals surface area contributed by atoms with E-state index in [4.69, 9.17) is 11.6 Å². The second kappa shape index (κ2) is 4.50. The lowest BCUT2D eigenvalue weighted by Gasteiger charge is -2.24. The lowest BCUT2D eigenvalue weighted by Crippen LogP contribution is -2.27. The first-order chi connectivity index (χ1) is 7.18. The summed E-state index contributed by atoms with van der Waals surface area (Å²) in [5, 5.41) is 3.92. The van der Waals surface area contributed by atoms with Crippen LogP contribution in [0.4, 0.5) is 4.39 Å². The zero-order valence-electron chi connectivity index (χ0n) is 8.82. The quantitative estimate of drug-likeness (QED) is 0.777. The molecule has 1 saturated heterocycles. The maximum absolute atomic E-state index is 13.9. The van der Waals surface area contributed by atoms with Gasteiger partial charge in [0.05, 0.1) is 0 Å². The first-order valence-electron chi connectivity index (χ1n) is 5.34. The van der Waals surface area contributed by atoms with E-state index in [-0.39, 0.29) is 5.82 Å². The summed E-state index contributed by atoms with van der Waals surface area (Å²) in [6.07, 6.45) is 1.99. The molecule has 0 aromatic heterocycles. The first-order valence-corrected chi connectivity index (χ1v) is 5.72. The summed E-state index contributed by atoms with van der Waals surface area (Å²) in [6, 6.07) is 3.46. The predicted molar refractivity (Wildman–Crippen MR) is 61.0 cm³/mol. The summed E-state index contributed by atoms with van der Waals surface area (Å²) < 4.78 is 13.9. The van der Waals surface area contributed by atoms with E-state index in [2.05, 4.69) is 5.32 Å². The van der Waals surface area contributed by atoms with Crippen LogP contribution in [0.5, 0.6) is 0 Å². The second-order valence-corrected chi connectivity index (χ2v) is 4.59. The number of rotatable bonds is 1. The standard InChI is InChI=1S/C12H15ClFN/c1-8-6-10(13)7-11(12(8)14)9-2-4-15-5-3-9/h6-7,9,15H,2-5H2,1H3. The Balaban J connectivity index is 2.33. The Hall–Kier alpha value is -0.600. The van der Waals surface area contributed by atoms with Gasteiger partial charge in [-0.15, -0.1) is 0 Å². The molecule has 0 amide bonds. The van der Waals surface area contributed by atoms with Crippen LogP contribution in [0.15, 0.2) is 12.1 Å². The molecule has 0 saturated carbocycles. The number of benzene rings is 1. The van der Waals surface area contributed by atoms with Crippen LogP contribution in [0.25, 0.3) is 0 Å². The predicted octanol–water partition coefficient (Wildman–Crippen LogP) is 3.25. The zero-order chi connectivity index (χ0) is 10.8. The molecule has 1 N–H and O–H groups in total. The molecule has 15 heavy (non-hydrogen) atoms. The summed E-state index contributed by atoms with van der Waals surface area (Å²) in [5.41, 5.74) is 1.44. The van der Waals surface area contributed by atoms with Gasteiger partial charge in [-0.25, -0.2) is 4.39 Å². The fourth-order valence-electron chi connectivity index (χ4n) is 2.18. The highest BCUT2D eigenvalue weighted by molar-refractivity contribution is 6.30. The van der Waals surface area contributed by atoms with Gasteiger partial charge in [-0.3, -0.25) is 0 Å². The van der Waals surface area contributed by atoms with Gasteiger partial charge in [-0.05, 0) is 62.0 Å². The van der Waals surface area contributed by atoms with Crippen LogP contribution >= 0.6 is 11.6 Å². The average Bonchev–Trinajstić information content (AvgIpc) is 2.24. The lowest BCUT2D eigenvalue weighted by molar-refractivity contribution is 0.444. The molecule has 0 aliphatic carbocycles. The van der Waals surface area contributed by atoms with Crippen LogP contribution in [0.1, 0.15) is 29.9 Å². The number of nitrogens with one attached hydrogen (secondary N) is 1. The Morgan fingerprint density at radius 3 is 2.67 bits per heavy atom. The molecule has 1 fully saturated rings. The van der Waals surface area contributed by atoms with Crippen molar-refractivity contribution in [2.24, 2.45) is 0 Å². The third-order valence-corrected chi connectivity index (χ3v) is 3.24. The summed E-state index contributed by atoms with van der Waals surface area (Å²) >= 11 is 5.96. The van der Waals surface area contributed by atoms with Gasteiger partial charge in [0.2, 0.25) is 0 Å². The minimum absolute atomic E-state index is 0.0775. The van der Waals surface area contributed by atoms with Gasteiger partial charge in [-0.1, -0.05) is 11.6 Å². The van der Waals surface area contributed by atoms with Crippen LogP contribution in [0, 0.1) is 12.7 Å². The Labute approximate surface area is 94.6 Å². The Kier molecular flexibility index (Phi) is 3.27. The first kappa shape index (κ1) is 10.9. The number of aryl methyl sites for hydroxylation is 1. The zero-order valence-corrected chi connectivity index (χ0v) is 9.57. The molecule has 1 aromatic carbocycles. The molecule has 0 unspecified atom stereocenters. The maximum Gasteiger partial charge on any atom is 0.129 e. The monoisotopic (exact) mass is 227 g/mol. The Morgan fingerprint density at radius 2 is 2.00 bits per heavy atom. The van der Waals surface area contributed by atoms with Crippen molar-refractivity contribution < 1.29 is 4.39 Å². The van der Waals surface area contributed by atoms with Crippen molar-refractivity contribution in [3.05, 3.63) is 34.1 Å². The van der Waals surface area contributed by atoms with E-state index in [1.807, 2.05) is 0 Å². The van der Waals surface area contributed by atoms with Crippen LogP contribution in [0.3, 0.4) is 0 Å². The molecule has 0 radical (unpaired) electrons. The highest BCUT2D eigenvalue weighted by Gasteiger charge is 2.19. The highest BCUT2D eigenvalue weighted by atomic mass is 35.5. The average molecular weight is 228 g/mol. The summed E-state index contributed by atoms with van der Waals surface area (Å²) in [6.45, 7) is 3.71. The number of halogens is 2. The summed E-state index contributed by atoms with van der Waals surface area (Å²) in [7, 11) is 0. The van der Waals surface area contributed by atoms with E-state index < -0.39 is 0 Å². The molecule has 1 aromatic rings. The second-order valence-electron chi connectivity index (χ2n) is 4.15. The largest absolute Gasteiger partial charge is 0.317 e. The third kappa shape index (κ3) is 2.32. The Bertz CT molecular complexity index is 359. The molecular formula is C12H15ClFN. The summed E-state index contributed by atoms with van der Waals surface area (Å²) in [5.74, 6) is 0.245.